The molecule has 0 heterocycles. The Labute approximate surface area is 148 Å². The summed E-state index contributed by atoms with van der Waals surface area (Å²) in [5.41, 5.74) is 4.37. The molecule has 2 rings (SSSR count). The molecule has 2 aromatic rings. The Morgan fingerprint density at radius 2 is 2.09 bits per heavy atom. The number of nitrogens with one attached hydrogen (secondary N) is 2. The lowest BCUT2D eigenvalue weighted by atomic mass is 10.2. The van der Waals surface area contributed by atoms with Crippen LogP contribution in [0.5, 0.6) is 11.5 Å². The minimum absolute atomic E-state index is 0.0678. The van der Waals surface area contributed by atoms with Crippen molar-refractivity contribution >= 4 is 45.2 Å². The second-order valence-corrected chi connectivity index (χ2v) is 5.74. The van der Waals surface area contributed by atoms with Gasteiger partial charge >= 0.3 is 0 Å². The predicted octanol–water partition coefficient (Wildman–Crippen LogP) is 3.87. The van der Waals surface area contributed by atoms with E-state index in [1.165, 1.54) is 0 Å². The first-order valence-corrected chi connectivity index (χ1v) is 8.10. The van der Waals surface area contributed by atoms with Crippen molar-refractivity contribution in [2.45, 2.75) is 6.92 Å². The molecule has 0 atom stereocenters. The molecule has 0 amide bonds. The van der Waals surface area contributed by atoms with Crippen LogP contribution in [0.25, 0.3) is 0 Å². The number of rotatable bonds is 5. The Morgan fingerprint density at radius 3 is 2.78 bits per heavy atom. The summed E-state index contributed by atoms with van der Waals surface area (Å²) in [6.07, 6.45) is 1.59. The maximum atomic E-state index is 9.87. The molecule has 0 bridgehead atoms. The van der Waals surface area contributed by atoms with Crippen LogP contribution >= 0.6 is 28.1 Å². The van der Waals surface area contributed by atoms with Crippen molar-refractivity contribution in [2.24, 2.45) is 5.10 Å². The monoisotopic (exact) mass is 393 g/mol. The molecule has 0 saturated heterocycles. The largest absolute Gasteiger partial charge is 0.503 e. The lowest BCUT2D eigenvalue weighted by Gasteiger charge is -2.09. The van der Waals surface area contributed by atoms with Crippen LogP contribution < -0.4 is 15.5 Å². The van der Waals surface area contributed by atoms with Gasteiger partial charge in [-0.3, -0.25) is 5.43 Å². The van der Waals surface area contributed by atoms with Crippen LogP contribution in [0, 0.1) is 0 Å². The summed E-state index contributed by atoms with van der Waals surface area (Å²) < 4.78 is 5.90. The summed E-state index contributed by atoms with van der Waals surface area (Å²) in [4.78, 5) is 0. The molecule has 2 aromatic carbocycles. The summed E-state index contributed by atoms with van der Waals surface area (Å²) in [6, 6.07) is 13.0. The smallest absolute Gasteiger partial charge is 0.191 e. The number of benzene rings is 2. The number of ether oxygens (including phenoxy) is 1. The van der Waals surface area contributed by atoms with Gasteiger partial charge in [0.05, 0.1) is 17.3 Å². The summed E-state index contributed by atoms with van der Waals surface area (Å²) in [6.45, 7) is 2.31. The first-order valence-electron chi connectivity index (χ1n) is 6.90. The van der Waals surface area contributed by atoms with Gasteiger partial charge in [0.15, 0.2) is 16.6 Å². The van der Waals surface area contributed by atoms with Gasteiger partial charge in [-0.1, -0.05) is 18.2 Å². The van der Waals surface area contributed by atoms with Crippen molar-refractivity contribution in [3.05, 3.63) is 52.5 Å². The SMILES string of the molecule is CCOc1cc(/C=N\NC(=S)Nc2ccccc2)cc(Br)c1O. The highest BCUT2D eigenvalue weighted by molar-refractivity contribution is 9.10. The standard InChI is InChI=1S/C16H16BrN3O2S/c1-2-22-14-9-11(8-13(17)15(14)21)10-18-20-16(23)19-12-6-4-3-5-7-12/h3-10,21H,2H2,1H3,(H2,19,20,23)/b18-10-. The molecule has 0 aliphatic carbocycles. The van der Waals surface area contributed by atoms with E-state index < -0.39 is 0 Å². The van der Waals surface area contributed by atoms with E-state index in [9.17, 15) is 5.11 Å². The summed E-state index contributed by atoms with van der Waals surface area (Å²) in [5, 5.41) is 17.3. The molecular weight excluding hydrogens is 378 g/mol. The summed E-state index contributed by atoms with van der Waals surface area (Å²) >= 11 is 8.44. The molecule has 0 spiro atoms. The number of anilines is 1. The molecule has 0 aliphatic heterocycles. The predicted molar refractivity (Wildman–Crippen MR) is 100 cm³/mol. The van der Waals surface area contributed by atoms with Gasteiger partial charge < -0.3 is 15.2 Å². The van der Waals surface area contributed by atoms with Gasteiger partial charge in [-0.25, -0.2) is 0 Å². The Balaban J connectivity index is 1.99. The van der Waals surface area contributed by atoms with Crippen LogP contribution in [0.4, 0.5) is 5.69 Å². The fourth-order valence-corrected chi connectivity index (χ4v) is 2.41. The molecule has 0 radical (unpaired) electrons. The van der Waals surface area contributed by atoms with E-state index >= 15 is 0 Å². The van der Waals surface area contributed by atoms with Crippen LogP contribution in [0.2, 0.25) is 0 Å². The number of aromatic hydroxyl groups is 1. The third-order valence-electron chi connectivity index (χ3n) is 2.76. The third-order valence-corrected chi connectivity index (χ3v) is 3.56. The molecule has 7 heteroatoms. The zero-order valence-corrected chi connectivity index (χ0v) is 14.8. The number of halogens is 1. The molecular formula is C16H16BrN3O2S. The molecule has 0 aromatic heterocycles. The van der Waals surface area contributed by atoms with Crippen molar-refractivity contribution in [3.63, 3.8) is 0 Å². The molecule has 23 heavy (non-hydrogen) atoms. The van der Waals surface area contributed by atoms with Gasteiger partial charge in [-0.15, -0.1) is 0 Å². The zero-order chi connectivity index (χ0) is 16.7. The van der Waals surface area contributed by atoms with Crippen molar-refractivity contribution in [2.75, 3.05) is 11.9 Å². The Morgan fingerprint density at radius 1 is 1.35 bits per heavy atom. The normalized spacial score (nSPS) is 10.5. The van der Waals surface area contributed by atoms with E-state index in [2.05, 4.69) is 31.8 Å². The van der Waals surface area contributed by atoms with E-state index in [4.69, 9.17) is 17.0 Å². The first-order chi connectivity index (χ1) is 11.1. The quantitative estimate of drug-likeness (QED) is 0.408. The molecule has 120 valence electrons. The Hall–Kier alpha value is -2.12. The average Bonchev–Trinajstić information content (AvgIpc) is 2.53. The summed E-state index contributed by atoms with van der Waals surface area (Å²) in [7, 11) is 0. The number of thiocarbonyl (C=S) groups is 1. The number of hydrazone groups is 1. The van der Waals surface area contributed by atoms with Gasteiger partial charge in [0.25, 0.3) is 0 Å². The highest BCUT2D eigenvalue weighted by atomic mass is 79.9. The maximum Gasteiger partial charge on any atom is 0.191 e. The Bertz CT molecular complexity index is 708. The molecule has 0 saturated carbocycles. The molecule has 3 N–H and O–H groups in total. The van der Waals surface area contributed by atoms with Crippen LogP contribution in [-0.2, 0) is 0 Å². The molecule has 0 aliphatic rings. The maximum absolute atomic E-state index is 9.87. The third kappa shape index (κ3) is 5.22. The van der Waals surface area contributed by atoms with Crippen LogP contribution in [0.15, 0.2) is 52.0 Å². The number of para-hydroxylation sites is 1. The summed E-state index contributed by atoms with van der Waals surface area (Å²) in [5.74, 6) is 0.464. The minimum atomic E-state index is 0.0678. The van der Waals surface area contributed by atoms with Crippen LogP contribution in [-0.4, -0.2) is 23.0 Å². The molecule has 0 fully saturated rings. The van der Waals surface area contributed by atoms with E-state index in [0.29, 0.717) is 21.9 Å². The Kier molecular flexibility index (Phi) is 6.37. The van der Waals surface area contributed by atoms with Crippen molar-refractivity contribution < 1.29 is 9.84 Å². The van der Waals surface area contributed by atoms with Gasteiger partial charge in [-0.05, 0) is 64.9 Å². The van der Waals surface area contributed by atoms with E-state index in [-0.39, 0.29) is 5.75 Å². The number of hydrogen-bond donors (Lipinski definition) is 3. The van der Waals surface area contributed by atoms with Gasteiger partial charge in [0.2, 0.25) is 0 Å². The lowest BCUT2D eigenvalue weighted by molar-refractivity contribution is 0.317. The fraction of sp³-hybridized carbons (Fsp3) is 0.125. The van der Waals surface area contributed by atoms with Gasteiger partial charge in [-0.2, -0.15) is 5.10 Å². The zero-order valence-electron chi connectivity index (χ0n) is 12.4. The number of phenols is 1. The van der Waals surface area contributed by atoms with Crippen molar-refractivity contribution in [3.8, 4) is 11.5 Å². The first kappa shape index (κ1) is 17.2. The van der Waals surface area contributed by atoms with E-state index in [1.54, 1.807) is 18.3 Å². The second kappa shape index (κ2) is 8.50. The average molecular weight is 394 g/mol. The number of hydrogen-bond acceptors (Lipinski definition) is 4. The fourth-order valence-electron chi connectivity index (χ4n) is 1.78. The van der Waals surface area contributed by atoms with E-state index in [1.807, 2.05) is 37.3 Å². The molecule has 0 unspecified atom stereocenters. The highest BCUT2D eigenvalue weighted by Gasteiger charge is 2.08. The number of phenolic OH excluding ortho intramolecular Hbond substituents is 1. The molecule has 5 nitrogen and oxygen atoms in total. The van der Waals surface area contributed by atoms with Crippen LogP contribution in [0.3, 0.4) is 0 Å². The topological polar surface area (TPSA) is 65.9 Å². The van der Waals surface area contributed by atoms with Crippen molar-refractivity contribution in [1.29, 1.82) is 0 Å². The minimum Gasteiger partial charge on any atom is -0.503 e. The highest BCUT2D eigenvalue weighted by Crippen LogP contribution is 2.34. The van der Waals surface area contributed by atoms with E-state index in [0.717, 1.165) is 11.3 Å². The number of nitrogens with zero attached hydrogens (tertiary/aromatic N) is 1. The van der Waals surface area contributed by atoms with Crippen molar-refractivity contribution in [1.82, 2.24) is 5.43 Å². The second-order valence-electron chi connectivity index (χ2n) is 4.47. The van der Waals surface area contributed by atoms with Gasteiger partial charge in [0, 0.05) is 5.69 Å². The van der Waals surface area contributed by atoms with Crippen LogP contribution in [0.1, 0.15) is 12.5 Å². The van der Waals surface area contributed by atoms with Gasteiger partial charge in [0.1, 0.15) is 0 Å². The lowest BCUT2D eigenvalue weighted by Crippen LogP contribution is -2.23.